The molecule has 2 heterocycles. The summed E-state index contributed by atoms with van der Waals surface area (Å²) in [6.45, 7) is 2.19. The second kappa shape index (κ2) is 8.78. The van der Waals surface area contributed by atoms with Crippen molar-refractivity contribution in [3.8, 4) is 5.75 Å². The van der Waals surface area contributed by atoms with Gasteiger partial charge in [-0.2, -0.15) is 0 Å². The Kier molecular flexibility index (Phi) is 6.35. The fraction of sp³-hybridized carbons (Fsp3) is 0.400. The van der Waals surface area contributed by atoms with Crippen molar-refractivity contribution in [2.45, 2.75) is 36.7 Å². The van der Waals surface area contributed by atoms with Gasteiger partial charge in [0.15, 0.2) is 16.3 Å². The van der Waals surface area contributed by atoms with Gasteiger partial charge in [-0.15, -0.1) is 0 Å². The Balaban J connectivity index is 2.10. The van der Waals surface area contributed by atoms with Gasteiger partial charge < -0.3 is 14.4 Å². The van der Waals surface area contributed by atoms with Crippen molar-refractivity contribution in [2.75, 3.05) is 7.11 Å². The van der Waals surface area contributed by atoms with Crippen molar-refractivity contribution in [2.24, 2.45) is 14.1 Å². The molecule has 9 nitrogen and oxygen atoms in total. The lowest BCUT2D eigenvalue weighted by Gasteiger charge is -2.12. The molecule has 3 aromatic rings. The number of carboxylic acids is 1. The van der Waals surface area contributed by atoms with E-state index < -0.39 is 22.5 Å². The van der Waals surface area contributed by atoms with Crippen molar-refractivity contribution in [3.05, 3.63) is 50.7 Å². The number of rotatable bonds is 8. The van der Waals surface area contributed by atoms with Gasteiger partial charge in [-0.3, -0.25) is 18.7 Å². The monoisotopic (exact) mass is 432 g/mol. The lowest BCUT2D eigenvalue weighted by atomic mass is 10.1. The number of carboxylic acid groups (broad SMARTS) is 1. The van der Waals surface area contributed by atoms with Crippen LogP contribution in [0.3, 0.4) is 0 Å². The summed E-state index contributed by atoms with van der Waals surface area (Å²) in [7, 11) is 4.57. The summed E-state index contributed by atoms with van der Waals surface area (Å²) >= 11 is 1.09. The maximum atomic E-state index is 12.9. The van der Waals surface area contributed by atoms with Crippen LogP contribution in [-0.2, 0) is 31.9 Å². The number of hydrogen-bond donors (Lipinski definition) is 1. The van der Waals surface area contributed by atoms with Crippen LogP contribution in [0.1, 0.15) is 18.9 Å². The average Bonchev–Trinajstić information content (AvgIpc) is 3.11. The van der Waals surface area contributed by atoms with Crippen LogP contribution in [-0.4, -0.2) is 42.1 Å². The molecule has 160 valence electrons. The zero-order valence-electron chi connectivity index (χ0n) is 17.3. The van der Waals surface area contributed by atoms with E-state index >= 15 is 0 Å². The highest BCUT2D eigenvalue weighted by atomic mass is 32.2. The van der Waals surface area contributed by atoms with Gasteiger partial charge in [-0.25, -0.2) is 9.78 Å². The van der Waals surface area contributed by atoms with E-state index in [0.29, 0.717) is 24.5 Å². The van der Waals surface area contributed by atoms with Crippen molar-refractivity contribution >= 4 is 28.9 Å². The standard InChI is InChI=1S/C20H24N4O5S/c1-5-14(18(26)27)30-19-21-16-15(17(25)23(3)20(28)22(16)2)24(19)11-10-12-6-8-13(29-4)9-7-12/h6-9,14H,5,10-11H2,1-4H3,(H,26,27)/t14-/m0/s1. The van der Waals surface area contributed by atoms with Crippen LogP contribution in [0.2, 0.25) is 0 Å². The van der Waals surface area contributed by atoms with Gasteiger partial charge in [-0.1, -0.05) is 30.8 Å². The minimum absolute atomic E-state index is 0.251. The van der Waals surface area contributed by atoms with Crippen molar-refractivity contribution in [1.82, 2.24) is 18.7 Å². The van der Waals surface area contributed by atoms with Crippen LogP contribution >= 0.6 is 11.8 Å². The molecule has 0 spiro atoms. The molecule has 0 radical (unpaired) electrons. The first-order valence-electron chi connectivity index (χ1n) is 9.47. The van der Waals surface area contributed by atoms with E-state index in [1.807, 2.05) is 24.3 Å². The second-order valence-corrected chi connectivity index (χ2v) is 8.04. The molecule has 0 fully saturated rings. The lowest BCUT2D eigenvalue weighted by Crippen LogP contribution is -2.37. The smallest absolute Gasteiger partial charge is 0.332 e. The molecular formula is C20H24N4O5S. The van der Waals surface area contributed by atoms with E-state index in [9.17, 15) is 19.5 Å². The van der Waals surface area contributed by atoms with Gasteiger partial charge in [-0.05, 0) is 30.5 Å². The first-order chi connectivity index (χ1) is 14.3. The number of hydrogen-bond acceptors (Lipinski definition) is 6. The summed E-state index contributed by atoms with van der Waals surface area (Å²) in [5, 5.41) is 9.17. The Morgan fingerprint density at radius 3 is 2.43 bits per heavy atom. The summed E-state index contributed by atoms with van der Waals surface area (Å²) in [5.41, 5.74) is 0.636. The van der Waals surface area contributed by atoms with Crippen molar-refractivity contribution in [1.29, 1.82) is 0 Å². The van der Waals surface area contributed by atoms with E-state index in [4.69, 9.17) is 4.74 Å². The maximum Gasteiger partial charge on any atom is 0.332 e. The molecular weight excluding hydrogens is 408 g/mol. The minimum atomic E-state index is -0.946. The Morgan fingerprint density at radius 1 is 1.20 bits per heavy atom. The summed E-state index contributed by atoms with van der Waals surface area (Å²) in [4.78, 5) is 41.2. The third-order valence-electron chi connectivity index (χ3n) is 4.99. The molecule has 0 bridgehead atoms. The normalized spacial score (nSPS) is 12.3. The lowest BCUT2D eigenvalue weighted by molar-refractivity contribution is -0.136. The van der Waals surface area contributed by atoms with Gasteiger partial charge >= 0.3 is 11.7 Å². The van der Waals surface area contributed by atoms with Crippen molar-refractivity contribution in [3.63, 3.8) is 0 Å². The average molecular weight is 433 g/mol. The topological polar surface area (TPSA) is 108 Å². The third kappa shape index (κ3) is 4.00. The van der Waals surface area contributed by atoms with Crippen LogP contribution < -0.4 is 16.0 Å². The second-order valence-electron chi connectivity index (χ2n) is 6.88. The molecule has 0 unspecified atom stereocenters. The molecule has 1 atom stereocenters. The number of aromatic nitrogens is 4. The number of aliphatic carboxylic acids is 1. The van der Waals surface area contributed by atoms with Crippen LogP contribution in [0.15, 0.2) is 39.0 Å². The van der Waals surface area contributed by atoms with Crippen LogP contribution in [0, 0.1) is 0 Å². The maximum absolute atomic E-state index is 12.9. The van der Waals surface area contributed by atoms with Gasteiger partial charge in [0, 0.05) is 20.6 Å². The molecule has 1 aromatic carbocycles. The van der Waals surface area contributed by atoms with E-state index in [0.717, 1.165) is 27.6 Å². The van der Waals surface area contributed by atoms with Gasteiger partial charge in [0.05, 0.1) is 7.11 Å². The minimum Gasteiger partial charge on any atom is -0.497 e. The number of ether oxygens (including phenoxy) is 1. The molecule has 0 aliphatic carbocycles. The number of fused-ring (bicyclic) bond motifs is 1. The summed E-state index contributed by atoms with van der Waals surface area (Å²) in [6, 6.07) is 7.59. The number of aryl methyl sites for hydroxylation is 3. The number of methoxy groups -OCH3 is 1. The predicted molar refractivity (Wildman–Crippen MR) is 114 cm³/mol. The highest BCUT2D eigenvalue weighted by Crippen LogP contribution is 2.28. The largest absolute Gasteiger partial charge is 0.497 e. The number of imidazole rings is 1. The molecule has 3 rings (SSSR count). The SMILES string of the molecule is CC[C@H](Sc1nc2c(c(=O)n(C)c(=O)n2C)n1CCc1ccc(OC)cc1)C(=O)O. The Bertz CT molecular complexity index is 1190. The van der Waals surface area contributed by atoms with E-state index in [-0.39, 0.29) is 11.2 Å². The van der Waals surface area contributed by atoms with Crippen LogP contribution in [0.4, 0.5) is 0 Å². The number of carbonyl (C=O) groups is 1. The number of benzene rings is 1. The third-order valence-corrected chi connectivity index (χ3v) is 6.33. The Labute approximate surface area is 176 Å². The molecule has 30 heavy (non-hydrogen) atoms. The molecule has 2 aromatic heterocycles. The van der Waals surface area contributed by atoms with Crippen molar-refractivity contribution < 1.29 is 14.6 Å². The van der Waals surface area contributed by atoms with Gasteiger partial charge in [0.25, 0.3) is 5.56 Å². The molecule has 0 aliphatic heterocycles. The Hall–Kier alpha value is -3.01. The highest BCUT2D eigenvalue weighted by molar-refractivity contribution is 8.00. The molecule has 0 aliphatic rings. The van der Waals surface area contributed by atoms with E-state index in [1.165, 1.54) is 11.6 Å². The first kappa shape index (κ1) is 21.7. The Morgan fingerprint density at radius 2 is 1.87 bits per heavy atom. The summed E-state index contributed by atoms with van der Waals surface area (Å²) < 4.78 is 9.25. The number of nitrogens with zero attached hydrogens (tertiary/aromatic N) is 4. The van der Waals surface area contributed by atoms with E-state index in [2.05, 4.69) is 4.98 Å². The highest BCUT2D eigenvalue weighted by Gasteiger charge is 2.24. The molecule has 0 amide bonds. The van der Waals surface area contributed by atoms with Crippen LogP contribution in [0.25, 0.3) is 11.2 Å². The van der Waals surface area contributed by atoms with Crippen LogP contribution in [0.5, 0.6) is 5.75 Å². The zero-order chi connectivity index (χ0) is 22.0. The molecule has 0 saturated carbocycles. The zero-order valence-corrected chi connectivity index (χ0v) is 18.1. The van der Waals surface area contributed by atoms with E-state index in [1.54, 1.807) is 25.6 Å². The first-order valence-corrected chi connectivity index (χ1v) is 10.3. The number of thioether (sulfide) groups is 1. The quantitative estimate of drug-likeness (QED) is 0.539. The molecule has 10 heteroatoms. The fourth-order valence-electron chi connectivity index (χ4n) is 3.19. The summed E-state index contributed by atoms with van der Waals surface area (Å²) in [5.74, 6) is -0.197. The molecule has 0 saturated heterocycles. The fourth-order valence-corrected chi connectivity index (χ4v) is 4.16. The van der Waals surface area contributed by atoms with Gasteiger partial charge in [0.2, 0.25) is 0 Å². The molecule has 1 N–H and O–H groups in total. The predicted octanol–water partition coefficient (Wildman–Crippen LogP) is 1.64. The van der Waals surface area contributed by atoms with Gasteiger partial charge in [0.1, 0.15) is 11.0 Å². The summed E-state index contributed by atoms with van der Waals surface area (Å²) in [6.07, 6.45) is 0.998.